The topological polar surface area (TPSA) is 52.7 Å². The SMILES string of the molecule is CCN(CC)C(=O)C1CCN(CC(=O)Nc2ccccc2I)CC1. The van der Waals surface area contributed by atoms with Crippen molar-refractivity contribution in [3.63, 3.8) is 0 Å². The smallest absolute Gasteiger partial charge is 0.238 e. The number of halogens is 1. The zero-order valence-corrected chi connectivity index (χ0v) is 16.6. The largest absolute Gasteiger partial charge is 0.343 e. The van der Waals surface area contributed by atoms with Crippen LogP contribution in [-0.2, 0) is 9.59 Å². The summed E-state index contributed by atoms with van der Waals surface area (Å²) in [5.74, 6) is 0.384. The number of hydrogen-bond donors (Lipinski definition) is 1. The van der Waals surface area contributed by atoms with Crippen LogP contribution in [0.5, 0.6) is 0 Å². The number of anilines is 1. The van der Waals surface area contributed by atoms with E-state index in [1.54, 1.807) is 0 Å². The van der Waals surface area contributed by atoms with Crippen LogP contribution in [-0.4, -0.2) is 54.3 Å². The van der Waals surface area contributed by atoms with Crippen molar-refractivity contribution in [3.8, 4) is 0 Å². The van der Waals surface area contributed by atoms with Crippen molar-refractivity contribution < 1.29 is 9.59 Å². The Kier molecular flexibility index (Phi) is 7.48. The van der Waals surface area contributed by atoms with E-state index in [4.69, 9.17) is 0 Å². The molecule has 0 aliphatic carbocycles. The Hall–Kier alpha value is -1.15. The maximum absolute atomic E-state index is 12.4. The monoisotopic (exact) mass is 443 g/mol. The predicted molar refractivity (Wildman–Crippen MR) is 105 cm³/mol. The molecule has 5 nitrogen and oxygen atoms in total. The molecule has 1 aliphatic rings. The summed E-state index contributed by atoms with van der Waals surface area (Å²) in [5.41, 5.74) is 0.856. The second kappa shape index (κ2) is 9.36. The van der Waals surface area contributed by atoms with Gasteiger partial charge >= 0.3 is 0 Å². The van der Waals surface area contributed by atoms with Crippen LogP contribution < -0.4 is 5.32 Å². The Morgan fingerprint density at radius 2 is 1.83 bits per heavy atom. The molecule has 1 aliphatic heterocycles. The van der Waals surface area contributed by atoms with Crippen LogP contribution in [0.4, 0.5) is 5.69 Å². The summed E-state index contributed by atoms with van der Waals surface area (Å²) in [5, 5.41) is 2.96. The first-order chi connectivity index (χ1) is 11.5. The van der Waals surface area contributed by atoms with E-state index in [2.05, 4.69) is 32.8 Å². The second-order valence-corrected chi connectivity index (χ2v) is 7.25. The molecule has 2 amide bonds. The zero-order valence-electron chi connectivity index (χ0n) is 14.4. The van der Waals surface area contributed by atoms with Crippen LogP contribution >= 0.6 is 22.6 Å². The molecule has 1 aromatic rings. The molecular weight excluding hydrogens is 417 g/mol. The van der Waals surface area contributed by atoms with Crippen LogP contribution in [0.1, 0.15) is 26.7 Å². The Labute approximate surface area is 157 Å². The van der Waals surface area contributed by atoms with Crippen LogP contribution in [0.25, 0.3) is 0 Å². The van der Waals surface area contributed by atoms with Crippen molar-refractivity contribution in [1.82, 2.24) is 9.80 Å². The van der Waals surface area contributed by atoms with Gasteiger partial charge in [0.1, 0.15) is 0 Å². The van der Waals surface area contributed by atoms with Crippen molar-refractivity contribution in [2.45, 2.75) is 26.7 Å². The van der Waals surface area contributed by atoms with E-state index in [1.807, 2.05) is 43.0 Å². The Balaban J connectivity index is 1.79. The molecule has 0 bridgehead atoms. The van der Waals surface area contributed by atoms with E-state index >= 15 is 0 Å². The molecule has 6 heteroatoms. The molecule has 1 aromatic carbocycles. The molecule has 1 saturated heterocycles. The van der Waals surface area contributed by atoms with Gasteiger partial charge in [0, 0.05) is 22.6 Å². The summed E-state index contributed by atoms with van der Waals surface area (Å²) in [7, 11) is 0. The third-order valence-electron chi connectivity index (χ3n) is 4.53. The van der Waals surface area contributed by atoms with E-state index in [9.17, 15) is 9.59 Å². The van der Waals surface area contributed by atoms with Crippen molar-refractivity contribution in [3.05, 3.63) is 27.8 Å². The summed E-state index contributed by atoms with van der Waals surface area (Å²) in [6, 6.07) is 7.76. The van der Waals surface area contributed by atoms with Gasteiger partial charge in [-0.3, -0.25) is 14.5 Å². The summed E-state index contributed by atoms with van der Waals surface area (Å²) < 4.78 is 1.03. The van der Waals surface area contributed by atoms with Gasteiger partial charge in [-0.2, -0.15) is 0 Å². The minimum atomic E-state index is 0.00707. The average Bonchev–Trinajstić information content (AvgIpc) is 2.58. The molecule has 0 radical (unpaired) electrons. The molecule has 24 heavy (non-hydrogen) atoms. The Bertz CT molecular complexity index is 567. The first-order valence-electron chi connectivity index (χ1n) is 8.60. The third kappa shape index (κ3) is 5.17. The fourth-order valence-corrected chi connectivity index (χ4v) is 3.61. The first-order valence-corrected chi connectivity index (χ1v) is 9.68. The van der Waals surface area contributed by atoms with E-state index in [0.29, 0.717) is 6.54 Å². The van der Waals surface area contributed by atoms with Crippen LogP contribution in [0.2, 0.25) is 0 Å². The number of carbonyl (C=O) groups excluding carboxylic acids is 2. The van der Waals surface area contributed by atoms with Gasteiger partial charge in [0.05, 0.1) is 12.2 Å². The van der Waals surface area contributed by atoms with Crippen molar-refractivity contribution in [2.75, 3.05) is 38.0 Å². The number of rotatable bonds is 6. The van der Waals surface area contributed by atoms with E-state index in [1.165, 1.54) is 0 Å². The van der Waals surface area contributed by atoms with Gasteiger partial charge < -0.3 is 10.2 Å². The molecule has 0 saturated carbocycles. The second-order valence-electron chi connectivity index (χ2n) is 6.09. The van der Waals surface area contributed by atoms with E-state index < -0.39 is 0 Å². The van der Waals surface area contributed by atoms with E-state index in [0.717, 1.165) is 48.3 Å². The molecule has 1 heterocycles. The molecule has 2 rings (SSSR count). The van der Waals surface area contributed by atoms with Crippen molar-refractivity contribution in [1.29, 1.82) is 0 Å². The Morgan fingerprint density at radius 3 is 2.42 bits per heavy atom. The van der Waals surface area contributed by atoms with Crippen LogP contribution in [0.15, 0.2) is 24.3 Å². The van der Waals surface area contributed by atoms with Gasteiger partial charge in [0.2, 0.25) is 11.8 Å². The van der Waals surface area contributed by atoms with Crippen molar-refractivity contribution in [2.24, 2.45) is 5.92 Å². The van der Waals surface area contributed by atoms with Crippen molar-refractivity contribution >= 4 is 40.1 Å². The minimum absolute atomic E-state index is 0.00707. The molecule has 1 fully saturated rings. The molecule has 0 aromatic heterocycles. The lowest BCUT2D eigenvalue weighted by Gasteiger charge is -2.33. The lowest BCUT2D eigenvalue weighted by Crippen LogP contribution is -2.44. The maximum atomic E-state index is 12.4. The molecule has 132 valence electrons. The standard InChI is InChI=1S/C18H26IN3O2/c1-3-22(4-2)18(24)14-9-11-21(12-10-14)13-17(23)20-16-8-6-5-7-15(16)19/h5-8,14H,3-4,9-13H2,1-2H3,(H,20,23). The number of para-hydroxylation sites is 1. The summed E-state index contributed by atoms with van der Waals surface area (Å²) in [6.07, 6.45) is 1.68. The first kappa shape index (κ1) is 19.2. The molecule has 0 atom stereocenters. The fourth-order valence-electron chi connectivity index (χ4n) is 3.09. The molecule has 1 N–H and O–H groups in total. The number of amides is 2. The number of hydrogen-bond acceptors (Lipinski definition) is 3. The van der Waals surface area contributed by atoms with Crippen LogP contribution in [0, 0.1) is 9.49 Å². The lowest BCUT2D eigenvalue weighted by molar-refractivity contribution is -0.136. The molecule has 0 unspecified atom stereocenters. The lowest BCUT2D eigenvalue weighted by atomic mass is 9.95. The highest BCUT2D eigenvalue weighted by atomic mass is 127. The highest BCUT2D eigenvalue weighted by Crippen LogP contribution is 2.20. The zero-order chi connectivity index (χ0) is 17.5. The van der Waals surface area contributed by atoms with Gasteiger partial charge in [0.15, 0.2) is 0 Å². The van der Waals surface area contributed by atoms with Crippen LogP contribution in [0.3, 0.4) is 0 Å². The van der Waals surface area contributed by atoms with Gasteiger partial charge in [-0.1, -0.05) is 12.1 Å². The number of nitrogens with zero attached hydrogens (tertiary/aromatic N) is 2. The number of carbonyl (C=O) groups is 2. The third-order valence-corrected chi connectivity index (χ3v) is 5.47. The number of piperidine rings is 1. The quantitative estimate of drug-likeness (QED) is 0.689. The van der Waals surface area contributed by atoms with E-state index in [-0.39, 0.29) is 17.7 Å². The Morgan fingerprint density at radius 1 is 1.21 bits per heavy atom. The summed E-state index contributed by atoms with van der Waals surface area (Å²) in [6.45, 7) is 7.57. The summed E-state index contributed by atoms with van der Waals surface area (Å²) in [4.78, 5) is 28.7. The average molecular weight is 443 g/mol. The molecular formula is C18H26IN3O2. The number of nitrogens with one attached hydrogen (secondary N) is 1. The van der Waals surface area contributed by atoms with Gasteiger partial charge in [-0.25, -0.2) is 0 Å². The van der Waals surface area contributed by atoms with Gasteiger partial charge in [-0.15, -0.1) is 0 Å². The maximum Gasteiger partial charge on any atom is 0.238 e. The normalized spacial score (nSPS) is 16.0. The number of benzene rings is 1. The van der Waals surface area contributed by atoms with Gasteiger partial charge in [0.25, 0.3) is 0 Å². The highest BCUT2D eigenvalue weighted by Gasteiger charge is 2.28. The summed E-state index contributed by atoms with van der Waals surface area (Å²) >= 11 is 2.22. The number of likely N-dealkylation sites (tertiary alicyclic amines) is 1. The molecule has 0 spiro atoms. The van der Waals surface area contributed by atoms with Gasteiger partial charge in [-0.05, 0) is 74.5 Å². The predicted octanol–water partition coefficient (Wildman–Crippen LogP) is 2.81. The highest BCUT2D eigenvalue weighted by molar-refractivity contribution is 14.1. The fraction of sp³-hybridized carbons (Fsp3) is 0.556. The minimum Gasteiger partial charge on any atom is -0.343 e.